The number of carbonyl (C=O) groups excluding carboxylic acids is 2. The Morgan fingerprint density at radius 3 is 1.79 bits per heavy atom. The molecule has 0 aromatic carbocycles. The third-order valence-corrected chi connectivity index (χ3v) is 19.4. The Balaban J connectivity index is 1.08. The molecule has 7 fully saturated rings. The standard InChI is InChI=1S/C48H74O8/c1-31(2)32-14-23-48(30-55-39(53)28-46(26-37(49)50)17-8-9-18-46)25-24-44(6)33(41(32)48)12-13-35-43(5)21-16-36(42(3,4)34(43)15-22-45(35,44)7)56-40(54)29-47(27-38(51)52)19-10-11-20-47/h32-36,41H,1,8-30H2,2-7H3,(H,49,50)(H,51,52)/t32-,33+,34-,35+,36?,41+,43-,44+,45+,48+/m0/s1. The van der Waals surface area contributed by atoms with Gasteiger partial charge in [-0.2, -0.15) is 0 Å². The summed E-state index contributed by atoms with van der Waals surface area (Å²) in [5.74, 6) is 0.299. The summed E-state index contributed by atoms with van der Waals surface area (Å²) in [6, 6.07) is 0. The third-order valence-electron chi connectivity index (χ3n) is 19.4. The lowest BCUT2D eigenvalue weighted by atomic mass is 9.32. The minimum Gasteiger partial charge on any atom is -0.481 e. The molecular formula is C48H74O8. The molecule has 7 aliphatic rings. The molecule has 0 spiro atoms. The minimum atomic E-state index is -0.820. The molecule has 0 heterocycles. The van der Waals surface area contributed by atoms with Gasteiger partial charge in [-0.05, 0) is 153 Å². The summed E-state index contributed by atoms with van der Waals surface area (Å²) < 4.78 is 12.7. The van der Waals surface area contributed by atoms with E-state index in [1.807, 2.05) is 0 Å². The molecule has 2 N–H and O–H groups in total. The lowest BCUT2D eigenvalue weighted by molar-refractivity contribution is -0.252. The fraction of sp³-hybridized carbons (Fsp3) is 0.875. The number of hydrogen-bond donors (Lipinski definition) is 2. The molecule has 10 atom stereocenters. The molecule has 0 saturated heterocycles. The van der Waals surface area contributed by atoms with Crippen molar-refractivity contribution in [1.82, 2.24) is 0 Å². The number of carboxylic acids is 2. The van der Waals surface area contributed by atoms with Gasteiger partial charge < -0.3 is 19.7 Å². The predicted molar refractivity (Wildman–Crippen MR) is 215 cm³/mol. The maximum absolute atomic E-state index is 13.6. The molecule has 8 heteroatoms. The van der Waals surface area contributed by atoms with Crippen LogP contribution in [0.25, 0.3) is 0 Å². The number of rotatable bonds is 12. The van der Waals surface area contributed by atoms with Gasteiger partial charge >= 0.3 is 23.9 Å². The first-order chi connectivity index (χ1) is 26.2. The van der Waals surface area contributed by atoms with E-state index in [4.69, 9.17) is 9.47 Å². The molecule has 0 aromatic rings. The highest BCUT2D eigenvalue weighted by atomic mass is 16.5. The highest BCUT2D eigenvalue weighted by molar-refractivity contribution is 5.74. The molecule has 1 unspecified atom stereocenters. The number of ether oxygens (including phenoxy) is 2. The van der Waals surface area contributed by atoms with E-state index in [2.05, 4.69) is 48.1 Å². The van der Waals surface area contributed by atoms with E-state index < -0.39 is 22.8 Å². The van der Waals surface area contributed by atoms with Crippen LogP contribution in [-0.4, -0.2) is 46.8 Å². The van der Waals surface area contributed by atoms with Gasteiger partial charge in [0, 0.05) is 10.8 Å². The molecule has 0 aromatic heterocycles. The van der Waals surface area contributed by atoms with Crippen molar-refractivity contribution in [2.75, 3.05) is 6.61 Å². The molecular weight excluding hydrogens is 705 g/mol. The summed E-state index contributed by atoms with van der Waals surface area (Å²) in [7, 11) is 0. The van der Waals surface area contributed by atoms with Crippen LogP contribution in [0.15, 0.2) is 12.2 Å². The van der Waals surface area contributed by atoms with Gasteiger partial charge in [-0.1, -0.05) is 72.5 Å². The molecule has 56 heavy (non-hydrogen) atoms. The fourth-order valence-electron chi connectivity index (χ4n) is 16.5. The molecule has 0 aliphatic heterocycles. The van der Waals surface area contributed by atoms with E-state index in [1.165, 1.54) is 18.4 Å². The van der Waals surface area contributed by atoms with Crippen molar-refractivity contribution in [2.24, 2.45) is 67.5 Å². The van der Waals surface area contributed by atoms with Crippen LogP contribution in [0.1, 0.15) is 183 Å². The maximum Gasteiger partial charge on any atom is 0.306 e. The predicted octanol–water partition coefficient (Wildman–Crippen LogP) is 10.9. The summed E-state index contributed by atoms with van der Waals surface area (Å²) >= 11 is 0. The van der Waals surface area contributed by atoms with Crippen molar-refractivity contribution >= 4 is 23.9 Å². The number of fused-ring (bicyclic) bond motifs is 7. The van der Waals surface area contributed by atoms with Crippen molar-refractivity contribution in [3.8, 4) is 0 Å². The first-order valence-electron chi connectivity index (χ1n) is 22.7. The number of hydrogen-bond acceptors (Lipinski definition) is 6. The van der Waals surface area contributed by atoms with Crippen molar-refractivity contribution < 1.29 is 38.9 Å². The van der Waals surface area contributed by atoms with Gasteiger partial charge in [0.05, 0.1) is 32.3 Å². The number of aliphatic carboxylic acids is 2. The zero-order chi connectivity index (χ0) is 40.5. The van der Waals surface area contributed by atoms with Gasteiger partial charge in [-0.15, -0.1) is 0 Å². The van der Waals surface area contributed by atoms with E-state index in [0.29, 0.717) is 36.2 Å². The number of carboxylic acid groups (broad SMARTS) is 2. The molecule has 7 aliphatic carbocycles. The van der Waals surface area contributed by atoms with E-state index in [-0.39, 0.29) is 70.8 Å². The second-order valence-electron chi connectivity index (χ2n) is 22.5. The normalized spacial score (nSPS) is 41.7. The average Bonchev–Trinajstić information content (AvgIpc) is 3.84. The van der Waals surface area contributed by atoms with Crippen LogP contribution >= 0.6 is 0 Å². The van der Waals surface area contributed by atoms with Gasteiger partial charge in [0.15, 0.2) is 0 Å². The van der Waals surface area contributed by atoms with Gasteiger partial charge in [0.1, 0.15) is 6.10 Å². The van der Waals surface area contributed by atoms with Crippen LogP contribution in [0.4, 0.5) is 0 Å². The Morgan fingerprint density at radius 1 is 0.625 bits per heavy atom. The van der Waals surface area contributed by atoms with Crippen LogP contribution in [0.3, 0.4) is 0 Å². The average molecular weight is 779 g/mol. The molecule has 7 saturated carbocycles. The molecule has 8 nitrogen and oxygen atoms in total. The fourth-order valence-corrected chi connectivity index (χ4v) is 16.5. The van der Waals surface area contributed by atoms with Gasteiger partial charge in [-0.25, -0.2) is 0 Å². The summed E-state index contributed by atoms with van der Waals surface area (Å²) in [6.07, 6.45) is 18.3. The summed E-state index contributed by atoms with van der Waals surface area (Å²) in [4.78, 5) is 50.7. The van der Waals surface area contributed by atoms with Crippen LogP contribution in [0, 0.1) is 67.5 Å². The molecule has 314 valence electrons. The Morgan fingerprint density at radius 2 is 1.21 bits per heavy atom. The number of allylic oxidation sites excluding steroid dienone is 1. The van der Waals surface area contributed by atoms with Gasteiger partial charge in [0.2, 0.25) is 0 Å². The Labute approximate surface area is 337 Å². The highest BCUT2D eigenvalue weighted by Crippen LogP contribution is 2.77. The van der Waals surface area contributed by atoms with Crippen molar-refractivity contribution in [3.63, 3.8) is 0 Å². The van der Waals surface area contributed by atoms with Crippen LogP contribution < -0.4 is 0 Å². The highest BCUT2D eigenvalue weighted by Gasteiger charge is 2.71. The summed E-state index contributed by atoms with van der Waals surface area (Å²) in [5.41, 5.74) is 0.528. The van der Waals surface area contributed by atoms with E-state index in [0.717, 1.165) is 103 Å². The Hall–Kier alpha value is -2.38. The lowest BCUT2D eigenvalue weighted by Crippen LogP contribution is -2.67. The van der Waals surface area contributed by atoms with E-state index >= 15 is 0 Å². The van der Waals surface area contributed by atoms with Crippen molar-refractivity contribution in [2.45, 2.75) is 189 Å². The maximum atomic E-state index is 13.6. The van der Waals surface area contributed by atoms with Crippen LogP contribution in [-0.2, 0) is 28.7 Å². The van der Waals surface area contributed by atoms with E-state index in [1.54, 1.807) is 0 Å². The summed E-state index contributed by atoms with van der Waals surface area (Å²) in [6.45, 7) is 19.7. The Kier molecular flexibility index (Phi) is 11.0. The summed E-state index contributed by atoms with van der Waals surface area (Å²) in [5, 5.41) is 19.3. The molecule has 0 radical (unpaired) electrons. The van der Waals surface area contributed by atoms with Crippen molar-refractivity contribution in [1.29, 1.82) is 0 Å². The quantitative estimate of drug-likeness (QED) is 0.148. The van der Waals surface area contributed by atoms with Gasteiger partial charge in [-0.3, -0.25) is 19.2 Å². The van der Waals surface area contributed by atoms with Gasteiger partial charge in [0.25, 0.3) is 0 Å². The van der Waals surface area contributed by atoms with Crippen molar-refractivity contribution in [3.05, 3.63) is 12.2 Å². The first-order valence-corrected chi connectivity index (χ1v) is 22.7. The smallest absolute Gasteiger partial charge is 0.306 e. The second-order valence-corrected chi connectivity index (χ2v) is 22.5. The second kappa shape index (κ2) is 14.7. The number of esters is 2. The first kappa shape index (κ1) is 41.8. The molecule has 0 amide bonds. The van der Waals surface area contributed by atoms with E-state index in [9.17, 15) is 29.4 Å². The third kappa shape index (κ3) is 6.88. The zero-order valence-corrected chi connectivity index (χ0v) is 35.8. The molecule has 0 bridgehead atoms. The monoisotopic (exact) mass is 779 g/mol. The zero-order valence-electron chi connectivity index (χ0n) is 35.8. The number of carbonyl (C=O) groups is 4. The SMILES string of the molecule is C=C(C)[C@@H]1CC[C@]2(COC(=O)CC3(CC(=O)O)CCCC3)CC[C@]3(C)[C@H](CC[C@@H]4[C@@]5(C)CCC(OC(=O)CC6(CC(=O)O)CCCC6)C(C)(C)[C@@H]5CC[C@]43C)[C@@H]12. The largest absolute Gasteiger partial charge is 0.481 e. The van der Waals surface area contributed by atoms with Crippen LogP contribution in [0.5, 0.6) is 0 Å². The topological polar surface area (TPSA) is 127 Å². The Bertz CT molecular complexity index is 1570. The van der Waals surface area contributed by atoms with Crippen LogP contribution in [0.2, 0.25) is 0 Å². The minimum absolute atomic E-state index is 0.0474. The molecule has 7 rings (SSSR count). The lowest BCUT2D eigenvalue weighted by Gasteiger charge is -2.73.